The maximum atomic E-state index is 5.16. The van der Waals surface area contributed by atoms with Gasteiger partial charge in [-0.2, -0.15) is 5.10 Å². The second-order valence-corrected chi connectivity index (χ2v) is 3.52. The third kappa shape index (κ3) is 2.35. The minimum absolute atomic E-state index is 0.809. The fourth-order valence-electron chi connectivity index (χ4n) is 1.41. The van der Waals surface area contributed by atoms with Gasteiger partial charge in [-0.3, -0.25) is 5.01 Å². The van der Waals surface area contributed by atoms with Crippen LogP contribution in [-0.2, 0) is 0 Å². The molecule has 76 valence electrons. The van der Waals surface area contributed by atoms with E-state index in [-0.39, 0.29) is 0 Å². The zero-order chi connectivity index (χ0) is 9.80. The molecule has 0 unspecified atom stereocenters. The first-order valence-electron chi connectivity index (χ1n) is 4.85. The Balaban J connectivity index is 1.86. The highest BCUT2D eigenvalue weighted by molar-refractivity contribution is 5.75. The van der Waals surface area contributed by atoms with E-state index in [1.807, 2.05) is 12.1 Å². The summed E-state index contributed by atoms with van der Waals surface area (Å²) in [6, 6.07) is 3.77. The number of nitrogens with zero attached hydrogens (tertiary/aromatic N) is 3. The highest BCUT2D eigenvalue weighted by Crippen LogP contribution is 2.01. The molecule has 0 saturated carbocycles. The van der Waals surface area contributed by atoms with Crippen molar-refractivity contribution in [1.29, 1.82) is 0 Å². The van der Waals surface area contributed by atoms with Gasteiger partial charge in [-0.1, -0.05) is 0 Å². The molecule has 1 aliphatic heterocycles. The van der Waals surface area contributed by atoms with Gasteiger partial charge in [0.15, 0.2) is 0 Å². The molecule has 4 nitrogen and oxygen atoms in total. The van der Waals surface area contributed by atoms with Gasteiger partial charge in [0.25, 0.3) is 0 Å². The zero-order valence-corrected chi connectivity index (χ0v) is 8.39. The molecule has 14 heavy (non-hydrogen) atoms. The molecule has 0 aliphatic carbocycles. The molecule has 0 aromatic carbocycles. The minimum Gasteiger partial charge on any atom is -0.463 e. The van der Waals surface area contributed by atoms with Crippen LogP contribution in [0.2, 0.25) is 0 Å². The molecule has 1 aliphatic rings. The average Bonchev–Trinajstić information content (AvgIpc) is 2.70. The molecule has 2 heterocycles. The van der Waals surface area contributed by atoms with E-state index in [1.165, 1.54) is 0 Å². The quantitative estimate of drug-likeness (QED) is 0.653. The normalized spacial score (nSPS) is 19.4. The van der Waals surface area contributed by atoms with Gasteiger partial charge in [-0.05, 0) is 19.2 Å². The summed E-state index contributed by atoms with van der Waals surface area (Å²) in [4.78, 5) is 2.30. The van der Waals surface area contributed by atoms with E-state index in [1.54, 1.807) is 12.5 Å². The Morgan fingerprint density at radius 1 is 1.36 bits per heavy atom. The third-order valence-electron chi connectivity index (χ3n) is 2.37. The lowest BCUT2D eigenvalue weighted by molar-refractivity contribution is 0.159. The van der Waals surface area contributed by atoms with E-state index in [0.29, 0.717) is 0 Å². The Morgan fingerprint density at radius 2 is 2.14 bits per heavy atom. The number of rotatable bonds is 2. The highest BCUT2D eigenvalue weighted by Gasteiger charge is 2.10. The van der Waals surface area contributed by atoms with E-state index in [9.17, 15) is 0 Å². The van der Waals surface area contributed by atoms with Gasteiger partial charge in [0.2, 0.25) is 0 Å². The number of hydrogen-bond acceptors (Lipinski definition) is 4. The van der Waals surface area contributed by atoms with Crippen molar-refractivity contribution in [1.82, 2.24) is 9.91 Å². The van der Waals surface area contributed by atoms with Gasteiger partial charge in [0.1, 0.15) is 5.76 Å². The summed E-state index contributed by atoms with van der Waals surface area (Å²) in [5.41, 5.74) is 0. The summed E-state index contributed by atoms with van der Waals surface area (Å²) < 4.78 is 5.16. The summed E-state index contributed by atoms with van der Waals surface area (Å²) in [6.45, 7) is 4.15. The monoisotopic (exact) mass is 193 g/mol. The third-order valence-corrected chi connectivity index (χ3v) is 2.37. The first-order chi connectivity index (χ1) is 6.84. The van der Waals surface area contributed by atoms with Gasteiger partial charge < -0.3 is 9.32 Å². The standard InChI is InChI=1S/C10H15N3O/c1-12-4-6-13(7-5-12)11-9-10-3-2-8-14-10/h2-3,8-9H,4-7H2,1H3/b11-9+. The largest absolute Gasteiger partial charge is 0.463 e. The SMILES string of the molecule is CN1CCN(/N=C/c2ccco2)CC1. The average molecular weight is 193 g/mol. The molecular weight excluding hydrogens is 178 g/mol. The van der Waals surface area contributed by atoms with Crippen LogP contribution in [0.3, 0.4) is 0 Å². The predicted octanol–water partition coefficient (Wildman–Crippen LogP) is 0.861. The second kappa shape index (κ2) is 4.28. The van der Waals surface area contributed by atoms with Crippen molar-refractivity contribution in [2.75, 3.05) is 33.2 Å². The zero-order valence-electron chi connectivity index (χ0n) is 8.39. The van der Waals surface area contributed by atoms with Crippen LogP contribution >= 0.6 is 0 Å². The minimum atomic E-state index is 0.809. The maximum absolute atomic E-state index is 5.16. The molecular formula is C10H15N3O. The number of hydrazone groups is 1. The second-order valence-electron chi connectivity index (χ2n) is 3.52. The molecule has 1 aromatic rings. The summed E-state index contributed by atoms with van der Waals surface area (Å²) in [5.74, 6) is 0.809. The molecule has 1 fully saturated rings. The lowest BCUT2D eigenvalue weighted by Crippen LogP contribution is -2.41. The van der Waals surface area contributed by atoms with E-state index in [4.69, 9.17) is 4.42 Å². The van der Waals surface area contributed by atoms with E-state index in [0.717, 1.165) is 31.9 Å². The Kier molecular flexibility index (Phi) is 2.84. The fraction of sp³-hybridized carbons (Fsp3) is 0.500. The van der Waals surface area contributed by atoms with Crippen LogP contribution in [0.5, 0.6) is 0 Å². The fourth-order valence-corrected chi connectivity index (χ4v) is 1.41. The van der Waals surface area contributed by atoms with E-state index in [2.05, 4.69) is 22.1 Å². The van der Waals surface area contributed by atoms with Gasteiger partial charge >= 0.3 is 0 Å². The summed E-state index contributed by atoms with van der Waals surface area (Å²) in [6.07, 6.45) is 3.43. The molecule has 0 radical (unpaired) electrons. The first-order valence-corrected chi connectivity index (χ1v) is 4.85. The van der Waals surface area contributed by atoms with Gasteiger partial charge in [0, 0.05) is 26.2 Å². The van der Waals surface area contributed by atoms with Crippen LogP contribution in [0.1, 0.15) is 5.76 Å². The summed E-state index contributed by atoms with van der Waals surface area (Å²) in [5, 5.41) is 6.42. The highest BCUT2D eigenvalue weighted by atomic mass is 16.3. The molecule has 0 atom stereocenters. The molecule has 0 bridgehead atoms. The number of hydrogen-bond donors (Lipinski definition) is 0. The van der Waals surface area contributed by atoms with Crippen molar-refractivity contribution in [3.05, 3.63) is 24.2 Å². The van der Waals surface area contributed by atoms with Crippen LogP contribution < -0.4 is 0 Å². The summed E-state index contributed by atoms with van der Waals surface area (Å²) in [7, 11) is 2.13. The smallest absolute Gasteiger partial charge is 0.146 e. The van der Waals surface area contributed by atoms with Crippen molar-refractivity contribution in [3.63, 3.8) is 0 Å². The van der Waals surface area contributed by atoms with Gasteiger partial charge in [0.05, 0.1) is 12.5 Å². The predicted molar refractivity (Wildman–Crippen MR) is 55.4 cm³/mol. The molecule has 0 spiro atoms. The Morgan fingerprint density at radius 3 is 2.79 bits per heavy atom. The van der Waals surface area contributed by atoms with Crippen LogP contribution in [0.15, 0.2) is 27.9 Å². The first kappa shape index (κ1) is 9.27. The molecule has 1 aromatic heterocycles. The topological polar surface area (TPSA) is 32.0 Å². The van der Waals surface area contributed by atoms with Crippen molar-refractivity contribution >= 4 is 6.21 Å². The maximum Gasteiger partial charge on any atom is 0.146 e. The van der Waals surface area contributed by atoms with Crippen molar-refractivity contribution in [3.8, 4) is 0 Å². The Hall–Kier alpha value is -1.29. The van der Waals surface area contributed by atoms with Crippen molar-refractivity contribution < 1.29 is 4.42 Å². The van der Waals surface area contributed by atoms with Crippen LogP contribution in [0, 0.1) is 0 Å². The van der Waals surface area contributed by atoms with Crippen molar-refractivity contribution in [2.45, 2.75) is 0 Å². The number of piperazine rings is 1. The molecule has 2 rings (SSSR count). The number of likely N-dealkylation sites (N-methyl/N-ethyl adjacent to an activating group) is 1. The molecule has 0 N–H and O–H groups in total. The van der Waals surface area contributed by atoms with E-state index < -0.39 is 0 Å². The molecule has 0 amide bonds. The van der Waals surface area contributed by atoms with E-state index >= 15 is 0 Å². The van der Waals surface area contributed by atoms with Gasteiger partial charge in [-0.25, -0.2) is 0 Å². The molecule has 1 saturated heterocycles. The van der Waals surface area contributed by atoms with Crippen molar-refractivity contribution in [2.24, 2.45) is 5.10 Å². The van der Waals surface area contributed by atoms with Gasteiger partial charge in [-0.15, -0.1) is 0 Å². The lowest BCUT2D eigenvalue weighted by Gasteiger charge is -2.30. The Bertz CT molecular complexity index is 286. The lowest BCUT2D eigenvalue weighted by atomic mass is 10.4. The Labute approximate surface area is 83.8 Å². The number of furan rings is 1. The van der Waals surface area contributed by atoms with Crippen LogP contribution in [0.4, 0.5) is 0 Å². The van der Waals surface area contributed by atoms with Crippen LogP contribution in [0.25, 0.3) is 0 Å². The van der Waals surface area contributed by atoms with Crippen LogP contribution in [-0.4, -0.2) is 49.4 Å². The molecule has 4 heteroatoms. The summed E-state index contributed by atoms with van der Waals surface area (Å²) >= 11 is 0.